The fraction of sp³-hybridized carbons (Fsp3) is 0.133. The molecule has 126 valence electrons. The van der Waals surface area contributed by atoms with Crippen LogP contribution >= 0.6 is 34.5 Å². The molecule has 0 aliphatic carbocycles. The van der Waals surface area contributed by atoms with E-state index in [1.165, 1.54) is 23.5 Å². The van der Waals surface area contributed by atoms with Gasteiger partial charge in [-0.2, -0.15) is 0 Å². The van der Waals surface area contributed by atoms with Gasteiger partial charge >= 0.3 is 5.97 Å². The zero-order valence-corrected chi connectivity index (χ0v) is 14.4. The van der Waals surface area contributed by atoms with Gasteiger partial charge in [-0.3, -0.25) is 14.9 Å². The average Bonchev–Trinajstić information content (AvgIpc) is 3.06. The Bertz CT molecular complexity index is 748. The van der Waals surface area contributed by atoms with Gasteiger partial charge in [0.05, 0.1) is 9.90 Å². The number of imide groups is 1. The van der Waals surface area contributed by atoms with Crippen molar-refractivity contribution in [3.05, 3.63) is 50.6 Å². The van der Waals surface area contributed by atoms with Crippen molar-refractivity contribution >= 4 is 52.3 Å². The predicted molar refractivity (Wildman–Crippen MR) is 89.7 cm³/mol. The predicted octanol–water partition coefficient (Wildman–Crippen LogP) is 2.93. The molecule has 1 N–H and O–H groups in total. The fourth-order valence-electron chi connectivity index (χ4n) is 1.55. The van der Waals surface area contributed by atoms with Gasteiger partial charge in [0.2, 0.25) is 0 Å². The molecule has 2 rings (SSSR count). The number of hydrogen-bond acceptors (Lipinski definition) is 6. The van der Waals surface area contributed by atoms with Crippen molar-refractivity contribution in [2.45, 2.75) is 0 Å². The zero-order chi connectivity index (χ0) is 17.5. The third kappa shape index (κ3) is 5.52. The minimum Gasteiger partial charge on any atom is -0.480 e. The second kappa shape index (κ2) is 8.68. The van der Waals surface area contributed by atoms with Crippen LogP contribution in [0.1, 0.15) is 9.67 Å². The molecule has 0 saturated carbocycles. The number of amides is 2. The molecule has 1 aromatic carbocycles. The molecule has 0 atom stereocenters. The number of esters is 1. The van der Waals surface area contributed by atoms with E-state index in [-0.39, 0.29) is 10.8 Å². The molecule has 9 heteroatoms. The topological polar surface area (TPSA) is 81.7 Å². The van der Waals surface area contributed by atoms with Crippen LogP contribution in [0.3, 0.4) is 0 Å². The second-order valence-corrected chi connectivity index (χ2v) is 6.17. The molecule has 0 aliphatic heterocycles. The van der Waals surface area contributed by atoms with Crippen LogP contribution < -0.4 is 10.1 Å². The molecule has 0 bridgehead atoms. The first-order valence-corrected chi connectivity index (χ1v) is 8.20. The molecule has 0 fully saturated rings. The van der Waals surface area contributed by atoms with Gasteiger partial charge in [0, 0.05) is 5.02 Å². The summed E-state index contributed by atoms with van der Waals surface area (Å²) in [7, 11) is 0. The molecule has 0 spiro atoms. The van der Waals surface area contributed by atoms with Gasteiger partial charge in [0.15, 0.2) is 13.2 Å². The molecule has 2 amide bonds. The number of carbonyl (C=O) groups is 3. The van der Waals surface area contributed by atoms with Crippen LogP contribution in [-0.2, 0) is 14.3 Å². The van der Waals surface area contributed by atoms with Crippen LogP contribution in [-0.4, -0.2) is 31.0 Å². The average molecular weight is 388 g/mol. The van der Waals surface area contributed by atoms with Crippen molar-refractivity contribution in [3.63, 3.8) is 0 Å². The summed E-state index contributed by atoms with van der Waals surface area (Å²) in [4.78, 5) is 35.1. The van der Waals surface area contributed by atoms with Gasteiger partial charge < -0.3 is 9.47 Å². The molecular weight excluding hydrogens is 377 g/mol. The minimum absolute atomic E-state index is 0.245. The van der Waals surface area contributed by atoms with Crippen molar-refractivity contribution in [2.24, 2.45) is 0 Å². The molecule has 1 aromatic heterocycles. The molecule has 1 heterocycles. The molecule has 6 nitrogen and oxygen atoms in total. The summed E-state index contributed by atoms with van der Waals surface area (Å²) < 4.78 is 9.88. The maximum Gasteiger partial charge on any atom is 0.344 e. The highest BCUT2D eigenvalue weighted by atomic mass is 35.5. The summed E-state index contributed by atoms with van der Waals surface area (Å²) in [5.41, 5.74) is 0. The quantitative estimate of drug-likeness (QED) is 0.770. The zero-order valence-electron chi connectivity index (χ0n) is 12.1. The highest BCUT2D eigenvalue weighted by Crippen LogP contribution is 2.27. The summed E-state index contributed by atoms with van der Waals surface area (Å²) in [6.07, 6.45) is 0. The third-order valence-corrected chi connectivity index (χ3v) is 4.00. The van der Waals surface area contributed by atoms with Gasteiger partial charge in [0.25, 0.3) is 11.8 Å². The van der Waals surface area contributed by atoms with Gasteiger partial charge in [-0.05, 0) is 29.6 Å². The normalized spacial score (nSPS) is 10.1. The smallest absolute Gasteiger partial charge is 0.344 e. The van der Waals surface area contributed by atoms with E-state index in [0.717, 1.165) is 0 Å². The Labute approximate surface area is 151 Å². The van der Waals surface area contributed by atoms with Gasteiger partial charge in [-0.25, -0.2) is 4.79 Å². The highest BCUT2D eigenvalue weighted by molar-refractivity contribution is 7.12. The van der Waals surface area contributed by atoms with Crippen molar-refractivity contribution in [1.29, 1.82) is 0 Å². The summed E-state index contributed by atoms with van der Waals surface area (Å²) in [6, 6.07) is 7.78. The van der Waals surface area contributed by atoms with E-state index in [0.29, 0.717) is 9.90 Å². The third-order valence-electron chi connectivity index (χ3n) is 2.60. The largest absolute Gasteiger partial charge is 0.480 e. The number of rotatable bonds is 6. The first-order chi connectivity index (χ1) is 11.5. The second-order valence-electron chi connectivity index (χ2n) is 4.38. The Balaban J connectivity index is 1.72. The van der Waals surface area contributed by atoms with E-state index in [1.807, 2.05) is 0 Å². The summed E-state index contributed by atoms with van der Waals surface area (Å²) in [6.45, 7) is -1.03. The van der Waals surface area contributed by atoms with Crippen molar-refractivity contribution in [3.8, 4) is 5.75 Å². The fourth-order valence-corrected chi connectivity index (χ4v) is 2.63. The Morgan fingerprint density at radius 2 is 1.92 bits per heavy atom. The van der Waals surface area contributed by atoms with Crippen LogP contribution in [0, 0.1) is 0 Å². The number of halogens is 2. The SMILES string of the molecule is O=C(COC(=O)COc1ccc(Cl)cc1Cl)NC(=O)c1cccs1. The molecule has 2 aromatic rings. The van der Waals surface area contributed by atoms with Crippen molar-refractivity contribution in [2.75, 3.05) is 13.2 Å². The van der Waals surface area contributed by atoms with Crippen molar-refractivity contribution < 1.29 is 23.9 Å². The standard InChI is InChI=1S/C15H11Cl2NO5S/c16-9-3-4-11(10(17)6-9)22-8-14(20)23-7-13(19)18-15(21)12-2-1-5-24-12/h1-6H,7-8H2,(H,18,19,21). The highest BCUT2D eigenvalue weighted by Gasteiger charge is 2.14. The van der Waals surface area contributed by atoms with E-state index < -0.39 is 31.0 Å². The Kier molecular flexibility index (Phi) is 6.60. The van der Waals surface area contributed by atoms with Crippen molar-refractivity contribution in [1.82, 2.24) is 5.32 Å². The van der Waals surface area contributed by atoms with Crippen LogP contribution in [0.25, 0.3) is 0 Å². The Hall–Kier alpha value is -2.09. The molecule has 0 aliphatic rings. The molecule has 0 saturated heterocycles. The Morgan fingerprint density at radius 3 is 2.58 bits per heavy atom. The number of hydrogen-bond donors (Lipinski definition) is 1. The van der Waals surface area contributed by atoms with Gasteiger partial charge in [-0.1, -0.05) is 29.3 Å². The van der Waals surface area contributed by atoms with Crippen LogP contribution in [0.2, 0.25) is 10.0 Å². The lowest BCUT2D eigenvalue weighted by Gasteiger charge is -2.08. The lowest BCUT2D eigenvalue weighted by Crippen LogP contribution is -2.34. The van der Waals surface area contributed by atoms with Crippen LogP contribution in [0.5, 0.6) is 5.75 Å². The van der Waals surface area contributed by atoms with Gasteiger partial charge in [-0.15, -0.1) is 11.3 Å². The van der Waals surface area contributed by atoms with Gasteiger partial charge in [0.1, 0.15) is 5.75 Å². The molecule has 0 radical (unpaired) electrons. The first-order valence-electron chi connectivity index (χ1n) is 6.57. The first kappa shape index (κ1) is 18.3. The number of nitrogens with one attached hydrogen (secondary N) is 1. The number of benzene rings is 1. The van der Waals surface area contributed by atoms with E-state index in [1.54, 1.807) is 23.6 Å². The van der Waals surface area contributed by atoms with E-state index in [9.17, 15) is 14.4 Å². The number of thiophene rings is 1. The Morgan fingerprint density at radius 1 is 1.12 bits per heavy atom. The maximum atomic E-state index is 11.6. The molecular formula is C15H11Cl2NO5S. The minimum atomic E-state index is -0.778. The van der Waals surface area contributed by atoms with Crippen LogP contribution in [0.15, 0.2) is 35.7 Å². The summed E-state index contributed by atoms with van der Waals surface area (Å²) >= 11 is 12.8. The van der Waals surface area contributed by atoms with E-state index in [2.05, 4.69) is 5.32 Å². The maximum absolute atomic E-state index is 11.6. The monoisotopic (exact) mass is 387 g/mol. The molecule has 24 heavy (non-hydrogen) atoms. The number of ether oxygens (including phenoxy) is 2. The lowest BCUT2D eigenvalue weighted by molar-refractivity contribution is -0.150. The molecule has 0 unspecified atom stereocenters. The lowest BCUT2D eigenvalue weighted by atomic mass is 10.3. The van der Waals surface area contributed by atoms with E-state index >= 15 is 0 Å². The van der Waals surface area contributed by atoms with E-state index in [4.69, 9.17) is 32.7 Å². The number of carbonyl (C=O) groups excluding carboxylic acids is 3. The van der Waals surface area contributed by atoms with Crippen LogP contribution in [0.4, 0.5) is 0 Å². The summed E-state index contributed by atoms with van der Waals surface area (Å²) in [5.74, 6) is -1.79. The summed E-state index contributed by atoms with van der Waals surface area (Å²) in [5, 5.41) is 4.49.